The first-order valence-corrected chi connectivity index (χ1v) is 3.90. The van der Waals surface area contributed by atoms with E-state index >= 15 is 0 Å². The zero-order valence-electron chi connectivity index (χ0n) is 7.29. The van der Waals surface area contributed by atoms with E-state index in [1.54, 1.807) is 0 Å². The van der Waals surface area contributed by atoms with Gasteiger partial charge in [0.2, 0.25) is 0 Å². The van der Waals surface area contributed by atoms with Gasteiger partial charge in [-0.1, -0.05) is 0 Å². The van der Waals surface area contributed by atoms with E-state index in [-0.39, 0.29) is 16.9 Å². The van der Waals surface area contributed by atoms with Crippen LogP contribution in [-0.2, 0) is 7.05 Å². The van der Waals surface area contributed by atoms with Crippen molar-refractivity contribution in [3.8, 4) is 0 Å². The topological polar surface area (TPSA) is 34.9 Å². The molecule has 14 heavy (non-hydrogen) atoms. The minimum Gasteiger partial charge on any atom is -0.322 e. The van der Waals surface area contributed by atoms with Crippen molar-refractivity contribution in [1.82, 2.24) is 9.55 Å². The van der Waals surface area contributed by atoms with E-state index in [1.165, 1.54) is 11.6 Å². The van der Waals surface area contributed by atoms with Crippen LogP contribution in [0.25, 0.3) is 11.0 Å². The van der Waals surface area contributed by atoms with Crippen molar-refractivity contribution in [2.24, 2.45) is 7.05 Å². The number of halogens is 2. The molecule has 0 radical (unpaired) electrons. The molecular formula is C9H6F2N2O. The largest absolute Gasteiger partial charge is 0.322 e. The maximum absolute atomic E-state index is 13.2. The Bertz CT molecular complexity index is 519. The standard InChI is InChI=1S/C9H6F2N2O/c1-13-8(4-14)12-7-3-5(10)2-6(11)9(7)13/h2-4H,1H3. The van der Waals surface area contributed by atoms with Crippen LogP contribution in [0.5, 0.6) is 0 Å². The minimum absolute atomic E-state index is 0.0736. The molecule has 0 spiro atoms. The van der Waals surface area contributed by atoms with Gasteiger partial charge in [0.1, 0.15) is 11.3 Å². The van der Waals surface area contributed by atoms with Gasteiger partial charge in [-0.3, -0.25) is 4.79 Å². The number of imidazole rings is 1. The van der Waals surface area contributed by atoms with E-state index in [9.17, 15) is 13.6 Å². The Hall–Kier alpha value is -1.78. The quantitative estimate of drug-likeness (QED) is 0.650. The molecule has 2 aromatic rings. The van der Waals surface area contributed by atoms with E-state index in [2.05, 4.69) is 4.98 Å². The summed E-state index contributed by atoms with van der Waals surface area (Å²) in [6.45, 7) is 0. The monoisotopic (exact) mass is 196 g/mol. The van der Waals surface area contributed by atoms with Gasteiger partial charge in [0.05, 0.1) is 5.52 Å². The molecule has 0 saturated carbocycles. The summed E-state index contributed by atoms with van der Waals surface area (Å²) in [4.78, 5) is 14.3. The molecule has 0 saturated heterocycles. The van der Waals surface area contributed by atoms with Crippen LogP contribution in [0.3, 0.4) is 0 Å². The number of nitrogens with zero attached hydrogens (tertiary/aromatic N) is 2. The average molecular weight is 196 g/mol. The van der Waals surface area contributed by atoms with Gasteiger partial charge in [-0.15, -0.1) is 0 Å². The van der Waals surface area contributed by atoms with Crippen LogP contribution in [0.15, 0.2) is 12.1 Å². The Morgan fingerprint density at radius 3 is 2.79 bits per heavy atom. The zero-order chi connectivity index (χ0) is 10.3. The van der Waals surface area contributed by atoms with Crippen LogP contribution in [0.4, 0.5) is 8.78 Å². The molecule has 2 rings (SSSR count). The first-order chi connectivity index (χ1) is 6.63. The number of hydrogen-bond donors (Lipinski definition) is 0. The number of aryl methyl sites for hydroxylation is 1. The summed E-state index contributed by atoms with van der Waals surface area (Å²) in [7, 11) is 1.50. The lowest BCUT2D eigenvalue weighted by atomic mass is 10.3. The van der Waals surface area contributed by atoms with Crippen molar-refractivity contribution >= 4 is 17.3 Å². The van der Waals surface area contributed by atoms with Crippen LogP contribution in [0.1, 0.15) is 10.6 Å². The molecule has 0 amide bonds. The normalized spacial score (nSPS) is 10.8. The molecule has 1 aromatic carbocycles. The number of aldehydes is 1. The highest BCUT2D eigenvalue weighted by molar-refractivity contribution is 5.83. The molecular weight excluding hydrogens is 190 g/mol. The third-order valence-electron chi connectivity index (χ3n) is 2.03. The lowest BCUT2D eigenvalue weighted by Gasteiger charge is -1.97. The van der Waals surface area contributed by atoms with Crippen LogP contribution in [0.2, 0.25) is 0 Å². The van der Waals surface area contributed by atoms with Crippen LogP contribution < -0.4 is 0 Å². The van der Waals surface area contributed by atoms with Crippen molar-refractivity contribution in [1.29, 1.82) is 0 Å². The SMILES string of the molecule is Cn1c(C=O)nc2cc(F)cc(F)c21. The summed E-state index contributed by atoms with van der Waals surface area (Å²) in [5, 5.41) is 0. The summed E-state index contributed by atoms with van der Waals surface area (Å²) in [6, 6.07) is 1.85. The van der Waals surface area contributed by atoms with Crippen molar-refractivity contribution in [3.05, 3.63) is 29.6 Å². The second-order valence-electron chi connectivity index (χ2n) is 2.90. The summed E-state index contributed by atoms with van der Waals surface area (Å²) < 4.78 is 27.3. The van der Waals surface area contributed by atoms with Gasteiger partial charge < -0.3 is 4.57 Å². The molecule has 0 unspecified atom stereocenters. The Kier molecular flexibility index (Phi) is 1.80. The van der Waals surface area contributed by atoms with E-state index in [0.29, 0.717) is 6.29 Å². The number of fused-ring (bicyclic) bond motifs is 1. The molecule has 3 nitrogen and oxygen atoms in total. The van der Waals surface area contributed by atoms with E-state index in [4.69, 9.17) is 0 Å². The fourth-order valence-corrected chi connectivity index (χ4v) is 1.39. The maximum Gasteiger partial charge on any atom is 0.185 e. The number of aromatic nitrogens is 2. The molecule has 5 heteroatoms. The third-order valence-corrected chi connectivity index (χ3v) is 2.03. The van der Waals surface area contributed by atoms with Crippen molar-refractivity contribution in [3.63, 3.8) is 0 Å². The summed E-state index contributed by atoms with van der Waals surface area (Å²) in [5.74, 6) is -1.35. The minimum atomic E-state index is -0.719. The summed E-state index contributed by atoms with van der Waals surface area (Å²) in [5.41, 5.74) is 0.278. The summed E-state index contributed by atoms with van der Waals surface area (Å²) in [6.07, 6.45) is 0.497. The maximum atomic E-state index is 13.2. The lowest BCUT2D eigenvalue weighted by Crippen LogP contribution is -1.96. The molecule has 0 bridgehead atoms. The van der Waals surface area contributed by atoms with Gasteiger partial charge in [0.25, 0.3) is 0 Å². The van der Waals surface area contributed by atoms with Gasteiger partial charge in [-0.05, 0) is 0 Å². The fraction of sp³-hybridized carbons (Fsp3) is 0.111. The highest BCUT2D eigenvalue weighted by Gasteiger charge is 2.12. The van der Waals surface area contributed by atoms with E-state index in [1.807, 2.05) is 0 Å². The molecule has 72 valence electrons. The van der Waals surface area contributed by atoms with Crippen molar-refractivity contribution in [2.75, 3.05) is 0 Å². The molecule has 0 N–H and O–H groups in total. The highest BCUT2D eigenvalue weighted by Crippen LogP contribution is 2.19. The Morgan fingerprint density at radius 2 is 2.14 bits per heavy atom. The fourth-order valence-electron chi connectivity index (χ4n) is 1.39. The van der Waals surface area contributed by atoms with Crippen molar-refractivity contribution in [2.45, 2.75) is 0 Å². The van der Waals surface area contributed by atoms with Gasteiger partial charge in [-0.25, -0.2) is 13.8 Å². The number of hydrogen-bond acceptors (Lipinski definition) is 2. The first-order valence-electron chi connectivity index (χ1n) is 3.90. The third kappa shape index (κ3) is 1.09. The number of benzene rings is 1. The molecule has 0 aliphatic carbocycles. The number of carbonyl (C=O) groups excluding carboxylic acids is 1. The summed E-state index contributed by atoms with van der Waals surface area (Å²) >= 11 is 0. The lowest BCUT2D eigenvalue weighted by molar-refractivity contribution is 0.111. The second-order valence-corrected chi connectivity index (χ2v) is 2.90. The van der Waals surface area contributed by atoms with Gasteiger partial charge >= 0.3 is 0 Å². The van der Waals surface area contributed by atoms with E-state index < -0.39 is 11.6 Å². The Morgan fingerprint density at radius 1 is 1.43 bits per heavy atom. The Labute approximate surface area is 78.0 Å². The number of rotatable bonds is 1. The predicted molar refractivity (Wildman–Crippen MR) is 46.0 cm³/mol. The molecule has 1 heterocycles. The predicted octanol–water partition coefficient (Wildman–Crippen LogP) is 1.66. The zero-order valence-corrected chi connectivity index (χ0v) is 7.29. The van der Waals surface area contributed by atoms with Crippen LogP contribution in [0, 0.1) is 11.6 Å². The van der Waals surface area contributed by atoms with Gasteiger partial charge in [0.15, 0.2) is 17.9 Å². The smallest absolute Gasteiger partial charge is 0.185 e. The van der Waals surface area contributed by atoms with Crippen LogP contribution in [-0.4, -0.2) is 15.8 Å². The van der Waals surface area contributed by atoms with E-state index in [0.717, 1.165) is 12.1 Å². The molecule has 0 fully saturated rings. The van der Waals surface area contributed by atoms with Crippen LogP contribution >= 0.6 is 0 Å². The highest BCUT2D eigenvalue weighted by atomic mass is 19.1. The molecule has 1 aromatic heterocycles. The average Bonchev–Trinajstić information content (AvgIpc) is 2.42. The van der Waals surface area contributed by atoms with Gasteiger partial charge in [-0.2, -0.15) is 0 Å². The van der Waals surface area contributed by atoms with Gasteiger partial charge in [0, 0.05) is 19.2 Å². The Balaban J connectivity index is 2.92. The molecule has 0 atom stereocenters. The first kappa shape index (κ1) is 8.80. The second kappa shape index (κ2) is 2.87. The number of carbonyl (C=O) groups is 1. The van der Waals surface area contributed by atoms with Crippen molar-refractivity contribution < 1.29 is 13.6 Å². The molecule has 0 aliphatic rings. The molecule has 0 aliphatic heterocycles.